The smallest absolute Gasteiger partial charge is 0.222 e. The van der Waals surface area contributed by atoms with Crippen molar-refractivity contribution in [2.75, 3.05) is 32.7 Å². The lowest BCUT2D eigenvalue weighted by molar-refractivity contribution is -0.133. The SMILES string of the molecule is CC(c1ccc(Br)cc1)N1CCN(C(=O)CCCN)CC1.Cl.Cl. The molecular weight excluding hydrogens is 401 g/mol. The number of hydrogen-bond donors (Lipinski definition) is 1. The zero-order valence-electron chi connectivity index (χ0n) is 13.4. The van der Waals surface area contributed by atoms with Crippen molar-refractivity contribution < 1.29 is 4.79 Å². The van der Waals surface area contributed by atoms with E-state index in [1.54, 1.807) is 0 Å². The molecule has 1 aromatic carbocycles. The Hall–Kier alpha value is -0.330. The van der Waals surface area contributed by atoms with Gasteiger partial charge in [0.1, 0.15) is 0 Å². The third kappa shape index (κ3) is 6.59. The summed E-state index contributed by atoms with van der Waals surface area (Å²) in [5.74, 6) is 0.247. The van der Waals surface area contributed by atoms with Crippen LogP contribution in [0.15, 0.2) is 28.7 Å². The van der Waals surface area contributed by atoms with E-state index in [4.69, 9.17) is 5.73 Å². The zero-order valence-corrected chi connectivity index (χ0v) is 16.6. The molecule has 0 saturated carbocycles. The highest BCUT2D eigenvalue weighted by Gasteiger charge is 2.24. The Balaban J connectivity index is 0.00000242. The second-order valence-corrected chi connectivity index (χ2v) is 6.45. The molecule has 0 spiro atoms. The summed E-state index contributed by atoms with van der Waals surface area (Å²) < 4.78 is 1.11. The summed E-state index contributed by atoms with van der Waals surface area (Å²) in [5, 5.41) is 0. The predicted molar refractivity (Wildman–Crippen MR) is 103 cm³/mol. The van der Waals surface area contributed by atoms with E-state index >= 15 is 0 Å². The maximum Gasteiger partial charge on any atom is 0.222 e. The fourth-order valence-corrected chi connectivity index (χ4v) is 2.99. The highest BCUT2D eigenvalue weighted by atomic mass is 79.9. The number of piperazine rings is 1. The Bertz CT molecular complexity index is 465. The summed E-state index contributed by atoms with van der Waals surface area (Å²) in [7, 11) is 0. The van der Waals surface area contributed by atoms with Crippen LogP contribution in [0.4, 0.5) is 0 Å². The van der Waals surface area contributed by atoms with Crippen molar-refractivity contribution in [2.24, 2.45) is 5.73 Å². The molecule has 4 nitrogen and oxygen atoms in total. The Morgan fingerprint density at radius 1 is 1.17 bits per heavy atom. The van der Waals surface area contributed by atoms with E-state index in [0.717, 1.165) is 37.1 Å². The normalized spacial score (nSPS) is 16.2. The van der Waals surface area contributed by atoms with Crippen LogP contribution in [0.5, 0.6) is 0 Å². The van der Waals surface area contributed by atoms with Crippen LogP contribution in [0.2, 0.25) is 0 Å². The fourth-order valence-electron chi connectivity index (χ4n) is 2.72. The topological polar surface area (TPSA) is 49.6 Å². The molecule has 132 valence electrons. The third-order valence-corrected chi connectivity index (χ3v) is 4.69. The van der Waals surface area contributed by atoms with E-state index in [1.165, 1.54) is 5.56 Å². The summed E-state index contributed by atoms with van der Waals surface area (Å²) in [4.78, 5) is 16.4. The Kier molecular flexibility index (Phi) is 11.1. The van der Waals surface area contributed by atoms with Crippen molar-refractivity contribution >= 4 is 46.7 Å². The molecule has 1 fully saturated rings. The maximum absolute atomic E-state index is 12.0. The standard InChI is InChI=1S/C16H24BrN3O.2ClH/c1-13(14-4-6-15(17)7-5-14)19-9-11-20(12-10-19)16(21)3-2-8-18;;/h4-7,13H,2-3,8-12,18H2,1H3;2*1H. The minimum Gasteiger partial charge on any atom is -0.340 e. The van der Waals surface area contributed by atoms with Crippen molar-refractivity contribution in [1.82, 2.24) is 9.80 Å². The highest BCUT2D eigenvalue weighted by Crippen LogP contribution is 2.23. The highest BCUT2D eigenvalue weighted by molar-refractivity contribution is 9.10. The van der Waals surface area contributed by atoms with Gasteiger partial charge < -0.3 is 10.6 Å². The number of nitrogens with zero attached hydrogens (tertiary/aromatic N) is 2. The van der Waals surface area contributed by atoms with Gasteiger partial charge in [-0.3, -0.25) is 9.69 Å². The van der Waals surface area contributed by atoms with Crippen LogP contribution >= 0.6 is 40.7 Å². The van der Waals surface area contributed by atoms with Gasteiger partial charge in [-0.1, -0.05) is 28.1 Å². The van der Waals surface area contributed by atoms with Gasteiger partial charge in [0.25, 0.3) is 0 Å². The summed E-state index contributed by atoms with van der Waals surface area (Å²) in [6.45, 7) is 6.34. The number of carbonyl (C=O) groups excluding carboxylic acids is 1. The molecule has 1 atom stereocenters. The van der Waals surface area contributed by atoms with Crippen molar-refractivity contribution in [1.29, 1.82) is 0 Å². The number of halogens is 3. The molecule has 1 aliphatic rings. The minimum absolute atomic E-state index is 0. The van der Waals surface area contributed by atoms with Crippen LogP contribution in [-0.2, 0) is 4.79 Å². The third-order valence-electron chi connectivity index (χ3n) is 4.16. The number of hydrogen-bond acceptors (Lipinski definition) is 3. The second kappa shape index (κ2) is 11.3. The number of carbonyl (C=O) groups is 1. The van der Waals surface area contributed by atoms with Crippen LogP contribution in [0, 0.1) is 0 Å². The molecule has 0 aromatic heterocycles. The van der Waals surface area contributed by atoms with Crippen LogP contribution in [0.25, 0.3) is 0 Å². The van der Waals surface area contributed by atoms with Crippen LogP contribution in [0.3, 0.4) is 0 Å². The second-order valence-electron chi connectivity index (χ2n) is 5.54. The average molecular weight is 427 g/mol. The lowest BCUT2D eigenvalue weighted by Gasteiger charge is -2.38. The predicted octanol–water partition coefficient (Wildman–Crippen LogP) is 3.24. The van der Waals surface area contributed by atoms with Gasteiger partial charge in [-0.05, 0) is 37.6 Å². The van der Waals surface area contributed by atoms with Crippen molar-refractivity contribution in [3.05, 3.63) is 34.3 Å². The Morgan fingerprint density at radius 3 is 2.26 bits per heavy atom. The fraction of sp³-hybridized carbons (Fsp3) is 0.562. The molecule has 0 radical (unpaired) electrons. The first-order valence-electron chi connectivity index (χ1n) is 7.59. The summed E-state index contributed by atoms with van der Waals surface area (Å²) in [6, 6.07) is 8.87. The molecule has 2 rings (SSSR count). The van der Waals surface area contributed by atoms with Gasteiger partial charge in [0.05, 0.1) is 0 Å². The molecule has 1 amide bonds. The molecule has 1 aromatic rings. The Morgan fingerprint density at radius 2 is 1.74 bits per heavy atom. The minimum atomic E-state index is 0. The largest absolute Gasteiger partial charge is 0.340 e. The summed E-state index contributed by atoms with van der Waals surface area (Å²) in [5.41, 5.74) is 6.78. The van der Waals surface area contributed by atoms with E-state index < -0.39 is 0 Å². The number of benzene rings is 1. The molecule has 2 N–H and O–H groups in total. The van der Waals surface area contributed by atoms with Crippen LogP contribution in [0.1, 0.15) is 31.4 Å². The summed E-state index contributed by atoms with van der Waals surface area (Å²) >= 11 is 3.47. The number of rotatable bonds is 5. The van der Waals surface area contributed by atoms with Gasteiger partial charge in [-0.25, -0.2) is 0 Å². The van der Waals surface area contributed by atoms with E-state index in [-0.39, 0.29) is 30.7 Å². The molecular formula is C16H26BrCl2N3O. The zero-order chi connectivity index (χ0) is 15.2. The lowest BCUT2D eigenvalue weighted by Crippen LogP contribution is -2.49. The van der Waals surface area contributed by atoms with E-state index in [1.807, 2.05) is 4.90 Å². The number of amides is 1. The Labute approximate surface area is 159 Å². The number of nitrogens with two attached hydrogens (primary N) is 1. The van der Waals surface area contributed by atoms with Gasteiger partial charge in [0.15, 0.2) is 0 Å². The molecule has 0 aliphatic carbocycles. The molecule has 1 unspecified atom stereocenters. The first-order chi connectivity index (χ1) is 10.1. The molecule has 1 aliphatic heterocycles. The van der Waals surface area contributed by atoms with E-state index in [9.17, 15) is 4.79 Å². The first kappa shape index (κ1) is 22.7. The maximum atomic E-state index is 12.0. The molecule has 23 heavy (non-hydrogen) atoms. The lowest BCUT2D eigenvalue weighted by atomic mass is 10.1. The van der Waals surface area contributed by atoms with E-state index in [0.29, 0.717) is 19.0 Å². The van der Waals surface area contributed by atoms with Gasteiger partial charge >= 0.3 is 0 Å². The van der Waals surface area contributed by atoms with Crippen LogP contribution in [-0.4, -0.2) is 48.4 Å². The van der Waals surface area contributed by atoms with Crippen molar-refractivity contribution in [2.45, 2.75) is 25.8 Å². The van der Waals surface area contributed by atoms with Gasteiger partial charge in [-0.2, -0.15) is 0 Å². The summed E-state index contributed by atoms with van der Waals surface area (Å²) in [6.07, 6.45) is 1.37. The molecule has 7 heteroatoms. The monoisotopic (exact) mass is 425 g/mol. The molecule has 0 bridgehead atoms. The quantitative estimate of drug-likeness (QED) is 0.786. The molecule has 1 heterocycles. The van der Waals surface area contributed by atoms with Gasteiger partial charge in [-0.15, -0.1) is 24.8 Å². The van der Waals surface area contributed by atoms with Gasteiger partial charge in [0.2, 0.25) is 5.91 Å². The van der Waals surface area contributed by atoms with E-state index in [2.05, 4.69) is 52.0 Å². The average Bonchev–Trinajstić information content (AvgIpc) is 2.53. The van der Waals surface area contributed by atoms with Gasteiger partial charge in [0, 0.05) is 43.1 Å². The van der Waals surface area contributed by atoms with Crippen LogP contribution < -0.4 is 5.73 Å². The molecule has 1 saturated heterocycles. The van der Waals surface area contributed by atoms with Crippen molar-refractivity contribution in [3.63, 3.8) is 0 Å². The first-order valence-corrected chi connectivity index (χ1v) is 8.38. The van der Waals surface area contributed by atoms with Crippen molar-refractivity contribution in [3.8, 4) is 0 Å².